The number of rotatable bonds is 9. The molecule has 2 N–H and O–H groups in total. The number of amides is 2. The highest BCUT2D eigenvalue weighted by Crippen LogP contribution is 2.38. The van der Waals surface area contributed by atoms with Crippen molar-refractivity contribution in [3.8, 4) is 0 Å². The van der Waals surface area contributed by atoms with Crippen LogP contribution in [0.2, 0.25) is 0 Å². The van der Waals surface area contributed by atoms with Gasteiger partial charge in [-0.25, -0.2) is 0 Å². The largest absolute Gasteiger partial charge is 0.336 e. The van der Waals surface area contributed by atoms with Gasteiger partial charge in [-0.15, -0.1) is 0 Å². The molecule has 0 spiro atoms. The molecule has 1 aromatic rings. The highest BCUT2D eigenvalue weighted by Gasteiger charge is 2.37. The van der Waals surface area contributed by atoms with Crippen molar-refractivity contribution >= 4 is 30.0 Å². The monoisotopic (exact) mass is 402 g/mol. The van der Waals surface area contributed by atoms with Gasteiger partial charge in [-0.1, -0.05) is 0 Å². The van der Waals surface area contributed by atoms with E-state index in [2.05, 4.69) is 23.9 Å². The highest BCUT2D eigenvalue weighted by atomic mass is 32.2. The lowest BCUT2D eigenvalue weighted by Gasteiger charge is -2.42. The molecule has 1 aliphatic heterocycles. The van der Waals surface area contributed by atoms with E-state index in [1.54, 1.807) is 16.8 Å². The lowest BCUT2D eigenvalue weighted by atomic mass is 9.99. The van der Waals surface area contributed by atoms with Crippen LogP contribution in [-0.4, -0.2) is 55.0 Å². The van der Waals surface area contributed by atoms with Gasteiger partial charge in [0.25, 0.3) is 5.91 Å². The van der Waals surface area contributed by atoms with Crippen molar-refractivity contribution in [1.82, 2.24) is 14.9 Å². The van der Waals surface area contributed by atoms with Crippen LogP contribution in [0.1, 0.15) is 49.9 Å². The second-order valence-corrected chi connectivity index (χ2v) is 9.70. The van der Waals surface area contributed by atoms with Gasteiger partial charge >= 0.3 is 0 Å². The summed E-state index contributed by atoms with van der Waals surface area (Å²) in [6.45, 7) is 5.81. The lowest BCUT2D eigenvalue weighted by Crippen LogP contribution is -2.63. The first-order chi connectivity index (χ1) is 13.4. The zero-order chi connectivity index (χ0) is 19.9. The Hall–Kier alpha value is -1.57. The molecule has 4 rings (SSSR count). The molecule has 7 heteroatoms. The summed E-state index contributed by atoms with van der Waals surface area (Å²) < 4.78 is 3.50. The summed E-state index contributed by atoms with van der Waals surface area (Å²) in [5, 5.41) is 3.31. The third-order valence-corrected chi connectivity index (χ3v) is 7.33. The Kier molecular flexibility index (Phi) is 5.42. The summed E-state index contributed by atoms with van der Waals surface area (Å²) in [7, 11) is 1.86. The van der Waals surface area contributed by atoms with Crippen LogP contribution in [0.4, 0.5) is 5.69 Å². The van der Waals surface area contributed by atoms with Crippen molar-refractivity contribution < 1.29 is 9.59 Å². The lowest BCUT2D eigenvalue weighted by molar-refractivity contribution is -0.107. The molecule has 0 aromatic heterocycles. The summed E-state index contributed by atoms with van der Waals surface area (Å²) in [5.74, 6) is 0.545. The molecule has 2 aliphatic carbocycles. The Morgan fingerprint density at radius 3 is 2.68 bits per heavy atom. The third-order valence-electron chi connectivity index (χ3n) is 6.25. The van der Waals surface area contributed by atoms with Gasteiger partial charge in [-0.3, -0.25) is 14.3 Å². The molecular formula is C21H30N4O2S. The van der Waals surface area contributed by atoms with Crippen LogP contribution < -0.4 is 14.9 Å². The smallest absolute Gasteiger partial charge is 0.256 e. The van der Waals surface area contributed by atoms with Crippen molar-refractivity contribution in [2.75, 3.05) is 25.0 Å². The van der Waals surface area contributed by atoms with E-state index < -0.39 is 0 Å². The average Bonchev–Trinajstić information content (AvgIpc) is 3.61. The predicted octanol–water partition coefficient (Wildman–Crippen LogP) is 2.64. The van der Waals surface area contributed by atoms with Crippen molar-refractivity contribution in [2.24, 2.45) is 5.92 Å². The van der Waals surface area contributed by atoms with Crippen LogP contribution in [-0.2, 0) is 4.79 Å². The van der Waals surface area contributed by atoms with Gasteiger partial charge in [0.05, 0.1) is 17.3 Å². The number of hydrogen-bond donors (Lipinski definition) is 2. The molecule has 2 unspecified atom stereocenters. The minimum Gasteiger partial charge on any atom is -0.336 e. The molecule has 0 radical (unpaired) electrons. The molecule has 28 heavy (non-hydrogen) atoms. The number of nitrogens with one attached hydrogen (secondary N) is 2. The molecule has 2 amide bonds. The van der Waals surface area contributed by atoms with E-state index >= 15 is 0 Å². The van der Waals surface area contributed by atoms with E-state index in [1.807, 2.05) is 30.1 Å². The molecule has 1 heterocycles. The van der Waals surface area contributed by atoms with Crippen molar-refractivity contribution in [1.29, 1.82) is 0 Å². The van der Waals surface area contributed by atoms with Crippen LogP contribution in [0.3, 0.4) is 0 Å². The van der Waals surface area contributed by atoms with Gasteiger partial charge in [-0.2, -0.15) is 0 Å². The van der Waals surface area contributed by atoms with Crippen LogP contribution in [0.5, 0.6) is 0 Å². The molecular weight excluding hydrogens is 372 g/mol. The van der Waals surface area contributed by atoms with Gasteiger partial charge in [-0.05, 0) is 75.6 Å². The van der Waals surface area contributed by atoms with Crippen molar-refractivity contribution in [3.63, 3.8) is 0 Å². The van der Waals surface area contributed by atoms with E-state index in [4.69, 9.17) is 0 Å². The second kappa shape index (κ2) is 7.69. The molecule has 3 fully saturated rings. The minimum absolute atomic E-state index is 0.0175. The molecule has 2 saturated carbocycles. The number of hydrogen-bond acceptors (Lipinski definition) is 5. The van der Waals surface area contributed by atoms with E-state index in [1.165, 1.54) is 12.8 Å². The van der Waals surface area contributed by atoms with Crippen molar-refractivity contribution in [3.05, 3.63) is 23.8 Å². The highest BCUT2D eigenvalue weighted by molar-refractivity contribution is 7.97. The predicted molar refractivity (Wildman–Crippen MR) is 113 cm³/mol. The Labute approximate surface area is 171 Å². The maximum absolute atomic E-state index is 13.4. The summed E-state index contributed by atoms with van der Waals surface area (Å²) >= 11 is 1.58. The zero-order valence-corrected chi connectivity index (χ0v) is 17.7. The van der Waals surface area contributed by atoms with Gasteiger partial charge in [0.15, 0.2) is 0 Å². The standard InChI is InChI=1S/C21H30N4O2S/c1-14-19(11-22-14)24(3)20(27)17-10-16(28-23-21(2)8-9-21)6-7-18(17)25(13-26)12-15-4-5-15/h6-7,10,13-15,19,22-23H,4-5,8-9,11-12H2,1-3H3. The Balaban J connectivity index is 1.59. The van der Waals surface area contributed by atoms with Crippen LogP contribution in [0.25, 0.3) is 0 Å². The number of likely N-dealkylation sites (N-methyl/N-ethyl adjacent to an activating group) is 1. The first kappa shape index (κ1) is 19.7. The summed E-state index contributed by atoms with van der Waals surface area (Å²) in [4.78, 5) is 29.7. The second-order valence-electron chi connectivity index (χ2n) is 8.83. The summed E-state index contributed by atoms with van der Waals surface area (Å²) in [6.07, 6.45) is 5.55. The van der Waals surface area contributed by atoms with Gasteiger partial charge in [0, 0.05) is 36.6 Å². The van der Waals surface area contributed by atoms with E-state index in [9.17, 15) is 9.59 Å². The topological polar surface area (TPSA) is 64.7 Å². The fourth-order valence-corrected chi connectivity index (χ4v) is 4.40. The number of benzene rings is 1. The fourth-order valence-electron chi connectivity index (χ4n) is 3.52. The molecule has 0 bridgehead atoms. The van der Waals surface area contributed by atoms with Crippen LogP contribution >= 0.6 is 11.9 Å². The van der Waals surface area contributed by atoms with E-state index in [0.29, 0.717) is 24.1 Å². The first-order valence-electron chi connectivity index (χ1n) is 10.2. The van der Waals surface area contributed by atoms with E-state index in [-0.39, 0.29) is 17.5 Å². The molecule has 1 saturated heterocycles. The Morgan fingerprint density at radius 1 is 1.39 bits per heavy atom. The number of nitrogens with zero attached hydrogens (tertiary/aromatic N) is 2. The average molecular weight is 403 g/mol. The maximum atomic E-state index is 13.4. The van der Waals surface area contributed by atoms with Gasteiger partial charge in [0.2, 0.25) is 6.41 Å². The van der Waals surface area contributed by atoms with Gasteiger partial charge in [0.1, 0.15) is 0 Å². The molecule has 3 aliphatic rings. The maximum Gasteiger partial charge on any atom is 0.256 e. The van der Waals surface area contributed by atoms with E-state index in [0.717, 1.165) is 36.4 Å². The SMILES string of the molecule is CC1NCC1N(C)C(=O)c1cc(SNC2(C)CC2)ccc1N(C=O)CC1CC1. The fraction of sp³-hybridized carbons (Fsp3) is 0.619. The number of anilines is 1. The normalized spacial score (nSPS) is 25.0. The zero-order valence-electron chi connectivity index (χ0n) is 16.9. The third kappa shape index (κ3) is 4.21. The molecule has 6 nitrogen and oxygen atoms in total. The molecule has 1 aromatic carbocycles. The number of carbonyl (C=O) groups is 2. The van der Waals surface area contributed by atoms with Crippen LogP contribution in [0, 0.1) is 5.92 Å². The quantitative estimate of drug-likeness (QED) is 0.491. The summed E-state index contributed by atoms with van der Waals surface area (Å²) in [5.41, 5.74) is 1.54. The Morgan fingerprint density at radius 2 is 2.14 bits per heavy atom. The molecule has 2 atom stereocenters. The van der Waals surface area contributed by atoms with Gasteiger partial charge < -0.3 is 15.1 Å². The van der Waals surface area contributed by atoms with Crippen LogP contribution in [0.15, 0.2) is 23.1 Å². The minimum atomic E-state index is -0.0175. The first-order valence-corrected chi connectivity index (χ1v) is 11.0. The Bertz CT molecular complexity index is 763. The summed E-state index contributed by atoms with van der Waals surface area (Å²) in [6, 6.07) is 6.36. The number of carbonyl (C=O) groups excluding carboxylic acids is 2. The van der Waals surface area contributed by atoms with Crippen molar-refractivity contribution in [2.45, 2.75) is 62.0 Å². The molecule has 152 valence electrons.